The lowest BCUT2D eigenvalue weighted by molar-refractivity contribution is -0.152. The molecule has 132 valence electrons. The van der Waals surface area contributed by atoms with E-state index in [0.717, 1.165) is 4.90 Å². The number of aromatic nitrogens is 1. The Hall–Kier alpha value is -2.75. The molecule has 1 aromatic heterocycles. The predicted molar refractivity (Wildman–Crippen MR) is 84.2 cm³/mol. The molecular weight excluding hydrogens is 352 g/mol. The molecule has 3 rings (SSSR count). The van der Waals surface area contributed by atoms with Crippen molar-refractivity contribution in [2.24, 2.45) is 0 Å². The molecule has 0 spiro atoms. The highest BCUT2D eigenvalue weighted by Crippen LogP contribution is 2.48. The van der Waals surface area contributed by atoms with Crippen molar-refractivity contribution < 1.29 is 33.0 Å². The summed E-state index contributed by atoms with van der Waals surface area (Å²) in [5.74, 6) is -3.30. The zero-order valence-corrected chi connectivity index (χ0v) is 14.0. The summed E-state index contributed by atoms with van der Waals surface area (Å²) in [6, 6.07) is 0.979. The fourth-order valence-corrected chi connectivity index (χ4v) is 5.28. The van der Waals surface area contributed by atoms with Crippen LogP contribution in [-0.4, -0.2) is 62.5 Å². The standard InChI is InChI=1S/C15H14N2O7S/c1-15(2)10(14(21)22)17-11(18)9(12(17)25(15,23)24)6-8-5-7(13(19)20)3-4-16-8/h3-6,10,12H,1-2H3,(H,19,20)(H,21,22)/b9-6-/t10-,12?/m0/s1. The first-order valence-electron chi connectivity index (χ1n) is 7.20. The maximum Gasteiger partial charge on any atom is 0.335 e. The number of fused-ring (bicyclic) bond motifs is 1. The van der Waals surface area contributed by atoms with Gasteiger partial charge in [0.15, 0.2) is 21.3 Å². The number of carboxylic acid groups (broad SMARTS) is 2. The third-order valence-electron chi connectivity index (χ3n) is 4.53. The highest BCUT2D eigenvalue weighted by Gasteiger charge is 2.70. The molecule has 2 aliphatic rings. The number of amides is 1. The number of rotatable bonds is 3. The normalized spacial score (nSPS) is 27.7. The second kappa shape index (κ2) is 5.12. The summed E-state index contributed by atoms with van der Waals surface area (Å²) in [4.78, 5) is 39.5. The lowest BCUT2D eigenvalue weighted by Gasteiger charge is -2.37. The first kappa shape index (κ1) is 17.1. The van der Waals surface area contributed by atoms with E-state index in [4.69, 9.17) is 5.11 Å². The molecule has 2 aliphatic heterocycles. The van der Waals surface area contributed by atoms with Gasteiger partial charge in [-0.15, -0.1) is 0 Å². The Kier molecular flexibility index (Phi) is 3.50. The van der Waals surface area contributed by atoms with Gasteiger partial charge in [-0.1, -0.05) is 0 Å². The number of nitrogens with zero attached hydrogens (tertiary/aromatic N) is 2. The number of sulfone groups is 1. The van der Waals surface area contributed by atoms with Crippen LogP contribution >= 0.6 is 0 Å². The molecule has 1 aromatic rings. The van der Waals surface area contributed by atoms with Crippen molar-refractivity contribution in [2.75, 3.05) is 0 Å². The molecule has 0 radical (unpaired) electrons. The summed E-state index contributed by atoms with van der Waals surface area (Å²) in [6.07, 6.45) is 2.41. The van der Waals surface area contributed by atoms with Gasteiger partial charge in [-0.25, -0.2) is 18.0 Å². The third-order valence-corrected chi connectivity index (χ3v) is 7.29. The number of carbonyl (C=O) groups excluding carboxylic acids is 1. The van der Waals surface area contributed by atoms with Crippen LogP contribution in [0.1, 0.15) is 29.9 Å². The maximum atomic E-state index is 12.7. The second-order valence-corrected chi connectivity index (χ2v) is 8.92. The number of aromatic carboxylic acids is 1. The maximum absolute atomic E-state index is 12.7. The van der Waals surface area contributed by atoms with E-state index in [2.05, 4.69) is 4.98 Å². The van der Waals surface area contributed by atoms with Crippen LogP contribution in [0.3, 0.4) is 0 Å². The Labute approximate surface area is 142 Å². The average Bonchev–Trinajstić information content (AvgIpc) is 2.66. The molecule has 1 unspecified atom stereocenters. The minimum Gasteiger partial charge on any atom is -0.480 e. The van der Waals surface area contributed by atoms with E-state index in [1.165, 1.54) is 38.3 Å². The van der Waals surface area contributed by atoms with E-state index in [0.29, 0.717) is 0 Å². The van der Waals surface area contributed by atoms with Crippen LogP contribution in [0.2, 0.25) is 0 Å². The summed E-state index contributed by atoms with van der Waals surface area (Å²) < 4.78 is 23.8. The van der Waals surface area contributed by atoms with Crippen molar-refractivity contribution in [3.63, 3.8) is 0 Å². The van der Waals surface area contributed by atoms with Crippen molar-refractivity contribution in [1.82, 2.24) is 9.88 Å². The summed E-state index contributed by atoms with van der Waals surface area (Å²) >= 11 is 0. The fourth-order valence-electron chi connectivity index (χ4n) is 3.16. The van der Waals surface area contributed by atoms with Gasteiger partial charge in [-0.3, -0.25) is 9.78 Å². The monoisotopic (exact) mass is 366 g/mol. The molecule has 0 aromatic carbocycles. The van der Waals surface area contributed by atoms with Gasteiger partial charge in [0.25, 0.3) is 5.91 Å². The Morgan fingerprint density at radius 3 is 2.52 bits per heavy atom. The number of β-lactam (4-membered cyclic amide) rings is 1. The molecule has 0 aliphatic carbocycles. The molecule has 2 saturated heterocycles. The quantitative estimate of drug-likeness (QED) is 0.562. The number of carbonyl (C=O) groups is 3. The van der Waals surface area contributed by atoms with E-state index in [1.54, 1.807) is 0 Å². The average molecular weight is 366 g/mol. The molecule has 10 heteroatoms. The molecule has 25 heavy (non-hydrogen) atoms. The van der Waals surface area contributed by atoms with Gasteiger partial charge in [0, 0.05) is 6.20 Å². The highest BCUT2D eigenvalue weighted by atomic mass is 32.2. The Morgan fingerprint density at radius 1 is 1.32 bits per heavy atom. The summed E-state index contributed by atoms with van der Waals surface area (Å²) in [5.41, 5.74) is -0.0787. The lowest BCUT2D eigenvalue weighted by atomic mass is 9.95. The molecule has 2 fully saturated rings. The highest BCUT2D eigenvalue weighted by molar-refractivity contribution is 7.94. The zero-order chi connectivity index (χ0) is 18.7. The van der Waals surface area contributed by atoms with Crippen LogP contribution < -0.4 is 0 Å². The summed E-state index contributed by atoms with van der Waals surface area (Å²) in [5, 5.41) is 16.9. The predicted octanol–water partition coefficient (Wildman–Crippen LogP) is -0.00830. The van der Waals surface area contributed by atoms with Gasteiger partial charge >= 0.3 is 11.9 Å². The van der Waals surface area contributed by atoms with Crippen LogP contribution in [0.4, 0.5) is 0 Å². The SMILES string of the molecule is CC1(C)[C@H](C(=O)O)N2C(=O)/C(=C/c3cc(C(=O)O)ccn3)C2S1(=O)=O. The first-order chi connectivity index (χ1) is 11.5. The Balaban J connectivity index is 2.08. The Bertz CT molecular complexity index is 948. The molecule has 0 bridgehead atoms. The molecule has 0 saturated carbocycles. The largest absolute Gasteiger partial charge is 0.480 e. The van der Waals surface area contributed by atoms with E-state index in [9.17, 15) is 27.9 Å². The number of pyridine rings is 1. The summed E-state index contributed by atoms with van der Waals surface area (Å²) in [6.45, 7) is 2.54. The third kappa shape index (κ3) is 2.17. The molecule has 2 N–H and O–H groups in total. The molecule has 2 atom stereocenters. The summed E-state index contributed by atoms with van der Waals surface area (Å²) in [7, 11) is -3.98. The lowest BCUT2D eigenvalue weighted by Crippen LogP contribution is -2.58. The van der Waals surface area contributed by atoms with Crippen molar-refractivity contribution in [3.8, 4) is 0 Å². The van der Waals surface area contributed by atoms with E-state index >= 15 is 0 Å². The van der Waals surface area contributed by atoms with Crippen molar-refractivity contribution in [1.29, 1.82) is 0 Å². The van der Waals surface area contributed by atoms with Gasteiger partial charge < -0.3 is 15.1 Å². The van der Waals surface area contributed by atoms with E-state index in [-0.39, 0.29) is 16.8 Å². The Morgan fingerprint density at radius 2 is 1.96 bits per heavy atom. The van der Waals surface area contributed by atoms with Crippen molar-refractivity contribution in [2.45, 2.75) is 30.0 Å². The zero-order valence-electron chi connectivity index (χ0n) is 13.2. The van der Waals surface area contributed by atoms with Crippen LogP contribution in [0.25, 0.3) is 6.08 Å². The van der Waals surface area contributed by atoms with Gasteiger partial charge in [0.05, 0.1) is 16.8 Å². The van der Waals surface area contributed by atoms with Gasteiger partial charge in [-0.05, 0) is 32.1 Å². The van der Waals surface area contributed by atoms with Crippen LogP contribution in [0.15, 0.2) is 23.9 Å². The topological polar surface area (TPSA) is 142 Å². The van der Waals surface area contributed by atoms with Crippen molar-refractivity contribution >= 4 is 33.8 Å². The number of hydrogen-bond acceptors (Lipinski definition) is 6. The smallest absolute Gasteiger partial charge is 0.335 e. The fraction of sp³-hybridized carbons (Fsp3) is 0.333. The van der Waals surface area contributed by atoms with Crippen LogP contribution in [0, 0.1) is 0 Å². The molecular formula is C15H14N2O7S. The van der Waals surface area contributed by atoms with Gasteiger partial charge in [0.2, 0.25) is 0 Å². The minimum atomic E-state index is -3.98. The van der Waals surface area contributed by atoms with E-state index < -0.39 is 43.8 Å². The number of carboxylic acids is 2. The second-order valence-electron chi connectivity index (χ2n) is 6.33. The number of hydrogen-bond donors (Lipinski definition) is 2. The molecule has 1 amide bonds. The van der Waals surface area contributed by atoms with Crippen LogP contribution in [0.5, 0.6) is 0 Å². The molecule has 9 nitrogen and oxygen atoms in total. The number of aliphatic carboxylic acids is 1. The van der Waals surface area contributed by atoms with Gasteiger partial charge in [-0.2, -0.15) is 0 Å². The first-order valence-corrected chi connectivity index (χ1v) is 8.74. The van der Waals surface area contributed by atoms with Gasteiger partial charge in [0.1, 0.15) is 4.75 Å². The minimum absolute atomic E-state index is 0.0662. The van der Waals surface area contributed by atoms with Crippen molar-refractivity contribution in [3.05, 3.63) is 35.2 Å². The molecule has 3 heterocycles. The van der Waals surface area contributed by atoms with Crippen LogP contribution in [-0.2, 0) is 19.4 Å². The van der Waals surface area contributed by atoms with E-state index in [1.807, 2.05) is 0 Å².